The number of carbonyl (C=O) groups excluding carboxylic acids is 1. The average molecular weight is 333 g/mol. The molecule has 2 bridgehead atoms. The van der Waals surface area contributed by atoms with E-state index in [2.05, 4.69) is 5.32 Å². The van der Waals surface area contributed by atoms with Crippen molar-refractivity contribution < 1.29 is 18.3 Å². The number of carbonyl (C=O) groups is 1. The molecule has 0 aliphatic carbocycles. The highest BCUT2D eigenvalue weighted by molar-refractivity contribution is 5.85. The van der Waals surface area contributed by atoms with E-state index in [-0.39, 0.29) is 42.8 Å². The van der Waals surface area contributed by atoms with Crippen molar-refractivity contribution in [3.8, 4) is 5.75 Å². The molecule has 2 fully saturated rings. The highest BCUT2D eigenvalue weighted by Crippen LogP contribution is 2.28. The third kappa shape index (κ3) is 3.50. The highest BCUT2D eigenvalue weighted by atomic mass is 35.5. The van der Waals surface area contributed by atoms with Crippen molar-refractivity contribution in [1.82, 2.24) is 10.2 Å². The van der Waals surface area contributed by atoms with E-state index in [4.69, 9.17) is 4.74 Å². The van der Waals surface area contributed by atoms with Gasteiger partial charge in [0.1, 0.15) is 5.82 Å². The van der Waals surface area contributed by atoms with E-state index in [1.807, 2.05) is 4.90 Å². The molecule has 0 saturated carbocycles. The first kappa shape index (κ1) is 17.0. The van der Waals surface area contributed by atoms with Crippen molar-refractivity contribution in [1.29, 1.82) is 0 Å². The van der Waals surface area contributed by atoms with Gasteiger partial charge in [-0.2, -0.15) is 0 Å². The second-order valence-electron chi connectivity index (χ2n) is 5.54. The molecule has 7 heteroatoms. The zero-order chi connectivity index (χ0) is 14.8. The van der Waals surface area contributed by atoms with Crippen LogP contribution in [-0.2, 0) is 4.79 Å². The van der Waals surface area contributed by atoms with Crippen LogP contribution in [0.2, 0.25) is 0 Å². The van der Waals surface area contributed by atoms with E-state index in [1.54, 1.807) is 0 Å². The molecule has 1 amide bonds. The molecule has 1 aromatic rings. The van der Waals surface area contributed by atoms with E-state index in [0.29, 0.717) is 0 Å². The van der Waals surface area contributed by atoms with Gasteiger partial charge in [-0.15, -0.1) is 12.4 Å². The first-order chi connectivity index (χ1) is 10.1. The van der Waals surface area contributed by atoms with E-state index >= 15 is 0 Å². The maximum absolute atomic E-state index is 13.5. The third-order valence-electron chi connectivity index (χ3n) is 4.19. The summed E-state index contributed by atoms with van der Waals surface area (Å²) in [6.07, 6.45) is 2.95. The summed E-state index contributed by atoms with van der Waals surface area (Å²) >= 11 is 0. The number of rotatable bonds is 3. The van der Waals surface area contributed by atoms with Gasteiger partial charge in [-0.25, -0.2) is 8.78 Å². The first-order valence-electron chi connectivity index (χ1n) is 7.25. The third-order valence-corrected chi connectivity index (χ3v) is 4.19. The van der Waals surface area contributed by atoms with Crippen molar-refractivity contribution in [3.05, 3.63) is 29.8 Å². The Morgan fingerprint density at radius 3 is 2.82 bits per heavy atom. The van der Waals surface area contributed by atoms with Crippen molar-refractivity contribution in [2.24, 2.45) is 0 Å². The summed E-state index contributed by atoms with van der Waals surface area (Å²) in [6.45, 7) is 1.50. The molecule has 3 rings (SSSR count). The SMILES string of the molecule is Cl.O=C(COc1ccc(F)cc1F)N1C2CCNCC1CC2. The summed E-state index contributed by atoms with van der Waals surface area (Å²) in [4.78, 5) is 14.2. The normalized spacial score (nSPS) is 23.6. The molecule has 122 valence electrons. The summed E-state index contributed by atoms with van der Waals surface area (Å²) in [6, 6.07) is 3.52. The van der Waals surface area contributed by atoms with Crippen molar-refractivity contribution in [2.75, 3.05) is 19.7 Å². The predicted octanol–water partition coefficient (Wildman–Crippen LogP) is 2.12. The standard InChI is InChI=1S/C15H18F2N2O2.ClH/c16-10-1-4-14(13(17)7-10)21-9-15(20)19-11-2-3-12(19)8-18-6-5-11;/h1,4,7,11-12,18H,2-3,5-6,8-9H2;1H. The van der Waals surface area contributed by atoms with Gasteiger partial charge >= 0.3 is 0 Å². The zero-order valence-corrected chi connectivity index (χ0v) is 12.9. The zero-order valence-electron chi connectivity index (χ0n) is 12.1. The molecule has 0 aromatic heterocycles. The van der Waals surface area contributed by atoms with Crippen molar-refractivity contribution >= 4 is 18.3 Å². The fraction of sp³-hybridized carbons (Fsp3) is 0.533. The van der Waals surface area contributed by atoms with Gasteiger partial charge < -0.3 is 15.0 Å². The first-order valence-corrected chi connectivity index (χ1v) is 7.25. The van der Waals surface area contributed by atoms with E-state index in [1.165, 1.54) is 6.07 Å². The van der Waals surface area contributed by atoms with Crippen LogP contribution in [0.1, 0.15) is 19.3 Å². The van der Waals surface area contributed by atoms with E-state index < -0.39 is 11.6 Å². The van der Waals surface area contributed by atoms with Gasteiger partial charge in [0.05, 0.1) is 0 Å². The number of ether oxygens (including phenoxy) is 1. The number of amides is 1. The smallest absolute Gasteiger partial charge is 0.261 e. The Balaban J connectivity index is 0.00000176. The monoisotopic (exact) mass is 332 g/mol. The summed E-state index contributed by atoms with van der Waals surface area (Å²) < 4.78 is 31.5. The van der Waals surface area contributed by atoms with Crippen LogP contribution in [0.3, 0.4) is 0 Å². The lowest BCUT2D eigenvalue weighted by atomic mass is 10.1. The highest BCUT2D eigenvalue weighted by Gasteiger charge is 2.37. The van der Waals surface area contributed by atoms with Gasteiger partial charge in [-0.3, -0.25) is 4.79 Å². The van der Waals surface area contributed by atoms with Crippen LogP contribution in [0.4, 0.5) is 8.78 Å². The van der Waals surface area contributed by atoms with Gasteiger partial charge in [-0.05, 0) is 37.9 Å². The minimum absolute atomic E-state index is 0. The molecular weight excluding hydrogens is 314 g/mol. The minimum atomic E-state index is -0.789. The molecule has 2 aliphatic heterocycles. The number of halogens is 3. The van der Waals surface area contributed by atoms with Crippen LogP contribution in [0.15, 0.2) is 18.2 Å². The number of nitrogens with one attached hydrogen (secondary N) is 1. The lowest BCUT2D eigenvalue weighted by molar-refractivity contribution is -0.136. The molecule has 2 aliphatic rings. The Labute approximate surface area is 134 Å². The Kier molecular flexibility index (Phi) is 5.58. The predicted molar refractivity (Wildman–Crippen MR) is 80.2 cm³/mol. The Morgan fingerprint density at radius 2 is 2.05 bits per heavy atom. The molecule has 0 radical (unpaired) electrons. The number of benzene rings is 1. The van der Waals surface area contributed by atoms with E-state index in [0.717, 1.165) is 44.5 Å². The topological polar surface area (TPSA) is 41.6 Å². The summed E-state index contributed by atoms with van der Waals surface area (Å²) in [7, 11) is 0. The Morgan fingerprint density at radius 1 is 1.27 bits per heavy atom. The van der Waals surface area contributed by atoms with Gasteiger partial charge in [0, 0.05) is 24.7 Å². The molecule has 1 aromatic carbocycles. The molecule has 1 N–H and O–H groups in total. The molecule has 0 spiro atoms. The molecule has 2 saturated heterocycles. The molecule has 2 heterocycles. The van der Waals surface area contributed by atoms with Gasteiger partial charge in [0.2, 0.25) is 0 Å². The molecule has 4 nitrogen and oxygen atoms in total. The lowest BCUT2D eigenvalue weighted by Gasteiger charge is -2.27. The fourth-order valence-corrected chi connectivity index (χ4v) is 3.20. The fourth-order valence-electron chi connectivity index (χ4n) is 3.20. The molecular formula is C15H19ClF2N2O2. The van der Waals surface area contributed by atoms with Crippen LogP contribution < -0.4 is 10.1 Å². The Bertz CT molecular complexity index is 530. The summed E-state index contributed by atoms with van der Waals surface area (Å²) in [5, 5.41) is 3.32. The van der Waals surface area contributed by atoms with Crippen LogP contribution in [-0.4, -0.2) is 42.6 Å². The van der Waals surface area contributed by atoms with Crippen molar-refractivity contribution in [3.63, 3.8) is 0 Å². The number of nitrogens with zero attached hydrogens (tertiary/aromatic N) is 1. The maximum atomic E-state index is 13.5. The van der Waals surface area contributed by atoms with Crippen LogP contribution >= 0.6 is 12.4 Å². The van der Waals surface area contributed by atoms with Gasteiger partial charge in [0.15, 0.2) is 18.2 Å². The van der Waals surface area contributed by atoms with Gasteiger partial charge in [0.25, 0.3) is 5.91 Å². The Hall–Kier alpha value is -1.40. The minimum Gasteiger partial charge on any atom is -0.481 e. The van der Waals surface area contributed by atoms with Crippen LogP contribution in [0.5, 0.6) is 5.75 Å². The summed E-state index contributed by atoms with van der Waals surface area (Å²) in [5.41, 5.74) is 0. The van der Waals surface area contributed by atoms with Crippen molar-refractivity contribution in [2.45, 2.75) is 31.3 Å². The number of fused-ring (bicyclic) bond motifs is 2. The molecule has 2 unspecified atom stereocenters. The second-order valence-corrected chi connectivity index (χ2v) is 5.54. The van der Waals surface area contributed by atoms with Crippen LogP contribution in [0.25, 0.3) is 0 Å². The van der Waals surface area contributed by atoms with Gasteiger partial charge in [-0.1, -0.05) is 0 Å². The van der Waals surface area contributed by atoms with Crippen LogP contribution in [0, 0.1) is 11.6 Å². The summed E-state index contributed by atoms with van der Waals surface area (Å²) in [5.74, 6) is -1.67. The van der Waals surface area contributed by atoms with E-state index in [9.17, 15) is 13.6 Å². The average Bonchev–Trinajstić information content (AvgIpc) is 2.71. The quantitative estimate of drug-likeness (QED) is 0.922. The number of hydrogen-bond donors (Lipinski definition) is 1. The second kappa shape index (κ2) is 7.24. The molecule has 22 heavy (non-hydrogen) atoms. The largest absolute Gasteiger partial charge is 0.481 e. The maximum Gasteiger partial charge on any atom is 0.261 e. The molecule has 2 atom stereocenters. The lowest BCUT2D eigenvalue weighted by Crippen LogP contribution is -2.44. The number of hydrogen-bond acceptors (Lipinski definition) is 3.